The molecule has 0 aliphatic heterocycles. The van der Waals surface area contributed by atoms with E-state index in [4.69, 9.17) is 23.4 Å². The number of rotatable bonds is 9. The van der Waals surface area contributed by atoms with Gasteiger partial charge in [0.1, 0.15) is 28.7 Å². The molecule has 0 aliphatic carbocycles. The highest BCUT2D eigenvalue weighted by atomic mass is 35.5. The number of pyridine rings is 1. The van der Waals surface area contributed by atoms with Crippen LogP contribution in [0, 0.1) is 0 Å². The summed E-state index contributed by atoms with van der Waals surface area (Å²) in [6, 6.07) is 36.6. The molecule has 7 aromatic carbocycles. The smallest absolute Gasteiger partial charge is 0.255 e. The number of hydrogen-bond donors (Lipinski definition) is 0. The summed E-state index contributed by atoms with van der Waals surface area (Å²) in [7, 11) is 0. The third-order valence-corrected chi connectivity index (χ3v) is 9.71. The van der Waals surface area contributed by atoms with Gasteiger partial charge in [-0.2, -0.15) is 9.13 Å². The van der Waals surface area contributed by atoms with E-state index >= 15 is 0 Å². The average molecular weight is 785 g/mol. The minimum absolute atomic E-state index is 0. The summed E-state index contributed by atoms with van der Waals surface area (Å²) in [5, 5.41) is 0. The first-order valence-corrected chi connectivity index (χ1v) is 18.5. The molecule has 0 N–H and O–H groups in total. The van der Waals surface area contributed by atoms with Crippen LogP contribution in [0.2, 0.25) is 0 Å². The number of para-hydroxylation sites is 4. The molecule has 0 fully saturated rings. The number of halogens is 1. The standard InChI is InChI=1S/C52H43N4O.ClH/c1-52(2,3)40-32-33-53-50(34-40)56(41-22-11-6-12-23-41)43-25-16-27-45(36-43)57-44-26-15-24-42(35-44)54-37-55(49-31-14-13-30-48(49)54)51-46(38-18-7-4-8-19-38)28-17-29-47(51)39-20-9-5-10-21-39;/h4-37H,1-3H3;1H/q+1;/p-1/i4D,5D,7D,8D,9D,10D,18D,19D,20D,21D;. The summed E-state index contributed by atoms with van der Waals surface area (Å²) in [5.41, 5.74) is 5.21. The first kappa shape index (κ1) is 27.6. The van der Waals surface area contributed by atoms with Gasteiger partial charge < -0.3 is 17.1 Å². The van der Waals surface area contributed by atoms with Crippen molar-refractivity contribution in [2.75, 3.05) is 4.90 Å². The van der Waals surface area contributed by atoms with Gasteiger partial charge in [0.2, 0.25) is 0 Å². The summed E-state index contributed by atoms with van der Waals surface area (Å²) in [4.78, 5) is 6.88. The Bertz CT molecular complexity index is 3270. The van der Waals surface area contributed by atoms with E-state index in [-0.39, 0.29) is 45.8 Å². The predicted molar refractivity (Wildman–Crippen MR) is 233 cm³/mol. The zero-order valence-electron chi connectivity index (χ0n) is 41.9. The number of nitrogens with zero attached hydrogens (tertiary/aromatic N) is 4. The summed E-state index contributed by atoms with van der Waals surface area (Å²) in [6.45, 7) is 6.51. The van der Waals surface area contributed by atoms with Crippen molar-refractivity contribution >= 4 is 28.2 Å². The van der Waals surface area contributed by atoms with Gasteiger partial charge in [-0.15, -0.1) is 0 Å². The largest absolute Gasteiger partial charge is 1.00 e. The number of anilines is 3. The highest BCUT2D eigenvalue weighted by Crippen LogP contribution is 2.38. The van der Waals surface area contributed by atoms with E-state index in [1.54, 1.807) is 29.1 Å². The number of aromatic nitrogens is 3. The van der Waals surface area contributed by atoms with Gasteiger partial charge in [0, 0.05) is 35.1 Å². The van der Waals surface area contributed by atoms with E-state index in [9.17, 15) is 0 Å². The first-order chi connectivity index (χ1) is 32.0. The van der Waals surface area contributed by atoms with Crippen molar-refractivity contribution in [3.8, 4) is 45.1 Å². The Kier molecular flexibility index (Phi) is 7.74. The molecule has 9 rings (SSSR count). The Labute approximate surface area is 360 Å². The van der Waals surface area contributed by atoms with Crippen LogP contribution in [0.1, 0.15) is 40.0 Å². The second kappa shape index (κ2) is 16.3. The molecule has 2 heterocycles. The van der Waals surface area contributed by atoms with Gasteiger partial charge in [-0.05, 0) is 82.8 Å². The molecule has 2 aromatic heterocycles. The Morgan fingerprint density at radius 1 is 0.621 bits per heavy atom. The topological polar surface area (TPSA) is 34.2 Å². The fourth-order valence-electron chi connectivity index (χ4n) is 6.99. The molecule has 6 heteroatoms. The average Bonchev–Trinajstić information content (AvgIpc) is 3.71. The Morgan fingerprint density at radius 3 is 1.91 bits per heavy atom. The molecule has 0 aliphatic rings. The quantitative estimate of drug-likeness (QED) is 0.137. The van der Waals surface area contributed by atoms with Gasteiger partial charge in [0.25, 0.3) is 6.33 Å². The lowest BCUT2D eigenvalue weighted by molar-refractivity contribution is -0.566. The van der Waals surface area contributed by atoms with E-state index in [1.807, 2.05) is 120 Å². The third-order valence-electron chi connectivity index (χ3n) is 9.71. The van der Waals surface area contributed by atoms with Crippen LogP contribution in [-0.4, -0.2) is 9.55 Å². The zero-order valence-corrected chi connectivity index (χ0v) is 32.7. The molecule has 0 radical (unpaired) electrons. The first-order valence-electron chi connectivity index (χ1n) is 23.5. The summed E-state index contributed by atoms with van der Waals surface area (Å²) in [6.07, 6.45) is 3.60. The van der Waals surface area contributed by atoms with Crippen LogP contribution in [0.4, 0.5) is 17.2 Å². The zero-order chi connectivity index (χ0) is 47.5. The van der Waals surface area contributed by atoms with Crippen molar-refractivity contribution in [3.05, 3.63) is 212 Å². The maximum Gasteiger partial charge on any atom is 0.255 e. The second-order valence-corrected chi connectivity index (χ2v) is 14.5. The van der Waals surface area contributed by atoms with Crippen molar-refractivity contribution < 1.29 is 35.4 Å². The van der Waals surface area contributed by atoms with Gasteiger partial charge in [-0.3, -0.25) is 4.90 Å². The number of imidazole rings is 1. The minimum atomic E-state index is -0.559. The van der Waals surface area contributed by atoms with Crippen LogP contribution < -0.4 is 26.6 Å². The van der Waals surface area contributed by atoms with E-state index in [0.29, 0.717) is 28.2 Å². The molecule has 0 atom stereocenters. The maximum absolute atomic E-state index is 9.00. The number of benzene rings is 7. The molecular weight excluding hydrogens is 732 g/mol. The molecule has 284 valence electrons. The van der Waals surface area contributed by atoms with Crippen molar-refractivity contribution in [1.29, 1.82) is 0 Å². The Hall–Kier alpha value is -6.95. The van der Waals surface area contributed by atoms with Crippen molar-refractivity contribution in [3.63, 3.8) is 0 Å². The lowest BCUT2D eigenvalue weighted by Crippen LogP contribution is -3.00. The molecule has 0 saturated carbocycles. The summed E-state index contributed by atoms with van der Waals surface area (Å²) < 4.78 is 97.1. The predicted octanol–water partition coefficient (Wildman–Crippen LogP) is 10.2. The van der Waals surface area contributed by atoms with Crippen molar-refractivity contribution in [1.82, 2.24) is 9.55 Å². The lowest BCUT2D eigenvalue weighted by Gasteiger charge is -2.27. The van der Waals surface area contributed by atoms with Gasteiger partial charge in [0.05, 0.1) is 19.4 Å². The van der Waals surface area contributed by atoms with Crippen LogP contribution in [0.5, 0.6) is 11.5 Å². The molecule has 0 saturated heterocycles. The van der Waals surface area contributed by atoms with Crippen LogP contribution in [0.25, 0.3) is 44.7 Å². The highest BCUT2D eigenvalue weighted by Gasteiger charge is 2.25. The van der Waals surface area contributed by atoms with Gasteiger partial charge in [-0.1, -0.05) is 142 Å². The highest BCUT2D eigenvalue weighted by molar-refractivity contribution is 5.85. The van der Waals surface area contributed by atoms with Crippen molar-refractivity contribution in [2.45, 2.75) is 26.2 Å². The SMILES string of the molecule is [2H]c1c([2H])c([2H])c(-c2cccc(-c3c([2H])c([2H])c([2H])c([2H])c3[2H])c2-[n+]2cn(-c3cccc(Oc4cccc(N(c5ccccc5)c5cc(C(C)(C)C)ccn5)c4)c3)c3ccccc32)c([2H])c1[2H].[Cl-]. The van der Waals surface area contributed by atoms with E-state index in [1.165, 1.54) is 0 Å². The summed E-state index contributed by atoms with van der Waals surface area (Å²) in [5.74, 6) is 1.86. The summed E-state index contributed by atoms with van der Waals surface area (Å²) >= 11 is 0. The fraction of sp³-hybridized carbons (Fsp3) is 0.0769. The maximum atomic E-state index is 9.00. The van der Waals surface area contributed by atoms with E-state index in [2.05, 4.69) is 31.7 Å². The van der Waals surface area contributed by atoms with Gasteiger partial charge in [0.15, 0.2) is 11.0 Å². The number of fused-ring (bicyclic) bond motifs is 1. The van der Waals surface area contributed by atoms with E-state index < -0.39 is 60.4 Å². The monoisotopic (exact) mass is 784 g/mol. The van der Waals surface area contributed by atoms with Gasteiger partial charge in [-0.25, -0.2) is 4.98 Å². The molecule has 0 unspecified atom stereocenters. The van der Waals surface area contributed by atoms with Crippen LogP contribution in [-0.2, 0) is 5.41 Å². The lowest BCUT2D eigenvalue weighted by atomic mass is 9.88. The number of ether oxygens (including phenoxy) is 1. The third kappa shape index (κ3) is 7.60. The van der Waals surface area contributed by atoms with Crippen LogP contribution in [0.15, 0.2) is 206 Å². The molecule has 58 heavy (non-hydrogen) atoms. The van der Waals surface area contributed by atoms with Crippen LogP contribution >= 0.6 is 0 Å². The fourth-order valence-corrected chi connectivity index (χ4v) is 6.99. The molecule has 5 nitrogen and oxygen atoms in total. The van der Waals surface area contributed by atoms with Gasteiger partial charge >= 0.3 is 0 Å². The molecule has 0 spiro atoms. The second-order valence-electron chi connectivity index (χ2n) is 14.5. The normalized spacial score (nSPS) is 13.6. The Morgan fingerprint density at radius 2 is 1.22 bits per heavy atom. The number of hydrogen-bond acceptors (Lipinski definition) is 3. The molecule has 0 amide bonds. The minimum Gasteiger partial charge on any atom is -1.00 e. The van der Waals surface area contributed by atoms with Crippen molar-refractivity contribution in [2.24, 2.45) is 0 Å². The molecule has 0 bridgehead atoms. The van der Waals surface area contributed by atoms with Crippen LogP contribution in [0.3, 0.4) is 0 Å². The Balaban J connectivity index is 0.00000625. The molecular formula is C52H43ClN4O. The van der Waals surface area contributed by atoms with E-state index in [0.717, 1.165) is 22.8 Å². The molecule has 9 aromatic rings.